The first-order valence-electron chi connectivity index (χ1n) is 17.8. The minimum atomic E-state index is -5.45. The average molecular weight is 1190 g/mol. The van der Waals surface area contributed by atoms with E-state index in [0.29, 0.717) is 6.42 Å². The molecule has 0 radical (unpaired) electrons. The molecule has 28 heteroatoms. The number of nitrogen functional groups attached to an aromatic ring is 2. The molecule has 16 nitrogen and oxygen atoms in total. The molecule has 0 saturated carbocycles. The van der Waals surface area contributed by atoms with Gasteiger partial charge in [-0.05, 0) is 50.2 Å². The van der Waals surface area contributed by atoms with E-state index < -0.39 is 77.6 Å². The molecule has 5 N–H and O–H groups in total. The topological polar surface area (TPSA) is 271 Å². The van der Waals surface area contributed by atoms with Crippen molar-refractivity contribution in [2.45, 2.75) is 80.5 Å². The molecular weight excluding hydrogens is 1140 g/mol. The van der Waals surface area contributed by atoms with Crippen LogP contribution in [0.2, 0.25) is 19.6 Å². The molecule has 1 aromatic heterocycles. The molecule has 4 rings (SSSR count). The van der Waals surface area contributed by atoms with Crippen LogP contribution in [0.25, 0.3) is 0 Å². The van der Waals surface area contributed by atoms with Gasteiger partial charge in [0.1, 0.15) is 26.0 Å². The van der Waals surface area contributed by atoms with E-state index in [2.05, 4.69) is 53.4 Å². The van der Waals surface area contributed by atoms with Gasteiger partial charge in [0.15, 0.2) is 0 Å². The third kappa shape index (κ3) is 28.2. The molecule has 1 heterocycles. The van der Waals surface area contributed by atoms with Crippen molar-refractivity contribution in [3.05, 3.63) is 91.1 Å². The Morgan fingerprint density at radius 3 is 1.45 bits per heavy atom. The Labute approximate surface area is 392 Å². The Hall–Kier alpha value is -2.87. The number of aryl methyl sites for hydroxylation is 1. The van der Waals surface area contributed by atoms with Crippen molar-refractivity contribution in [2.24, 2.45) is 0 Å². The Balaban J connectivity index is 0. The predicted molar refractivity (Wildman–Crippen MR) is 237 cm³/mol. The van der Waals surface area contributed by atoms with Crippen LogP contribution >= 0.6 is 38.8 Å². The molecule has 65 heavy (non-hydrogen) atoms. The fraction of sp³-hybridized carbons (Fsp3) is 0.378. The fourth-order valence-corrected chi connectivity index (χ4v) is 8.26. The van der Waals surface area contributed by atoms with Crippen LogP contribution in [0.1, 0.15) is 74.7 Å². The number of rotatable bonds is 17. The zero-order valence-electron chi connectivity index (χ0n) is 33.8. The Bertz CT molecular complexity index is 2170. The van der Waals surface area contributed by atoms with E-state index in [9.17, 15) is 64.4 Å². The third-order valence-corrected chi connectivity index (χ3v) is 11.5. The van der Waals surface area contributed by atoms with Crippen LogP contribution in [0.5, 0.6) is 17.2 Å². The van der Waals surface area contributed by atoms with Crippen molar-refractivity contribution in [1.82, 2.24) is 0 Å². The third-order valence-electron chi connectivity index (χ3n) is 6.45. The molecule has 0 aliphatic carbocycles. The van der Waals surface area contributed by atoms with Gasteiger partial charge in [0.2, 0.25) is 0 Å². The zero-order valence-corrected chi connectivity index (χ0v) is 41.4. The first-order valence-corrected chi connectivity index (χ1v) is 30.4. The van der Waals surface area contributed by atoms with Crippen LogP contribution in [-0.4, -0.2) is 46.2 Å². The number of hydrogen-bond donors (Lipinski definition) is 3. The Morgan fingerprint density at radius 1 is 0.708 bits per heavy atom. The number of carbonyl (C=O) groups excluding carboxylic acids is 1. The molecule has 0 unspecified atom stereocenters. The summed E-state index contributed by atoms with van der Waals surface area (Å²) in [5.41, 5.74) is 8.91. The second-order valence-corrected chi connectivity index (χ2v) is 30.9. The maximum atomic E-state index is 13.0. The summed E-state index contributed by atoms with van der Waals surface area (Å²) in [7, 11) is -14.7. The molecular formula is C37H51BrF6N3O13P3SiTe-4. The number of carbonyl (C=O) groups is 1. The van der Waals surface area contributed by atoms with Gasteiger partial charge in [0.25, 0.3) is 12.9 Å². The summed E-state index contributed by atoms with van der Waals surface area (Å²) < 4.78 is 135. The zero-order chi connectivity index (χ0) is 48.3. The van der Waals surface area contributed by atoms with Gasteiger partial charge in [-0.1, -0.05) is 34.5 Å². The Kier molecular flexibility index (Phi) is 29.4. The Morgan fingerprint density at radius 2 is 1.09 bits per heavy atom. The van der Waals surface area contributed by atoms with Crippen LogP contribution in [0.4, 0.5) is 43.4 Å². The summed E-state index contributed by atoms with van der Waals surface area (Å²) in [5.74, 6) is -2.06. The van der Waals surface area contributed by atoms with Crippen LogP contribution < -0.4 is 49.9 Å². The molecule has 1 amide bonds. The molecule has 0 aliphatic rings. The van der Waals surface area contributed by atoms with E-state index in [1.807, 2.05) is 12.1 Å². The number of halogens is 7. The molecule has 0 fully saturated rings. The molecule has 0 spiro atoms. The van der Waals surface area contributed by atoms with Crippen molar-refractivity contribution in [1.29, 1.82) is 0 Å². The summed E-state index contributed by atoms with van der Waals surface area (Å²) in [6.07, 6.45) is -8.02. The van der Waals surface area contributed by atoms with Crippen LogP contribution in [-0.2, 0) is 34.0 Å². The number of alkyl halides is 6. The minimum absolute atomic E-state index is 0. The molecule has 370 valence electrons. The summed E-state index contributed by atoms with van der Waals surface area (Å²) in [5, 5.41) is 2.46. The second kappa shape index (κ2) is 29.8. The number of amides is 1. The summed E-state index contributed by atoms with van der Waals surface area (Å²) in [6.45, 7) is 9.24. The van der Waals surface area contributed by atoms with Crippen LogP contribution in [0.15, 0.2) is 70.8 Å². The average Bonchev–Trinajstić information content (AvgIpc) is 3.66. The number of benzene rings is 3. The van der Waals surface area contributed by atoms with Crippen molar-refractivity contribution in [3.63, 3.8) is 0 Å². The monoisotopic (exact) mass is 1190 g/mol. The first kappa shape index (κ1) is 64.2. The summed E-state index contributed by atoms with van der Waals surface area (Å²) in [6, 6.07) is 13.4. The van der Waals surface area contributed by atoms with E-state index in [1.165, 1.54) is 21.8 Å². The summed E-state index contributed by atoms with van der Waals surface area (Å²) >= 11 is 3.19. The van der Waals surface area contributed by atoms with Crippen LogP contribution in [0.3, 0.4) is 0 Å². The van der Waals surface area contributed by atoms with Gasteiger partial charge in [0, 0.05) is 11.4 Å². The van der Waals surface area contributed by atoms with Gasteiger partial charge in [-0.15, -0.1) is 15.3 Å². The second-order valence-electron chi connectivity index (χ2n) is 12.9. The van der Waals surface area contributed by atoms with Crippen molar-refractivity contribution in [2.75, 3.05) is 30.0 Å². The number of anilines is 3. The molecule has 4 aromatic rings. The summed E-state index contributed by atoms with van der Waals surface area (Å²) in [4.78, 5) is 53.5. The molecule has 0 atom stereocenters. The van der Waals surface area contributed by atoms with Gasteiger partial charge in [-0.3, -0.25) is 9.05 Å². The van der Waals surface area contributed by atoms with E-state index in [1.54, 1.807) is 13.8 Å². The molecule has 0 aliphatic heterocycles. The normalized spacial score (nSPS) is 11.4. The molecule has 0 saturated heterocycles. The first-order chi connectivity index (χ1) is 29.0. The SMILES string of the molecule is C.C.CCOP(=O)(OCC)Oc1ccc(N)cc1C(F)F.C[Si](C)(C)Br.Nc1ccc(OP(=O)([O-])[O-])c(C(F)F)c1.O=C(CCc1ccc[te]1)Nc1ccc(OP(=O)([O-])[O-])c(C(F)F)c1. The number of nitrogens with one attached hydrogen (secondary N) is 1. The van der Waals surface area contributed by atoms with Gasteiger partial charge < -0.3 is 34.9 Å². The molecule has 0 bridgehead atoms. The fourth-order valence-electron chi connectivity index (χ4n) is 4.20. The number of phosphoric acid groups is 3. The van der Waals surface area contributed by atoms with Gasteiger partial charge in [-0.25, -0.2) is 22.1 Å². The van der Waals surface area contributed by atoms with E-state index in [4.69, 9.17) is 25.0 Å². The quantitative estimate of drug-likeness (QED) is 0.0292. The van der Waals surface area contributed by atoms with E-state index >= 15 is 0 Å². The van der Waals surface area contributed by atoms with Crippen LogP contribution in [0, 0.1) is 0 Å². The number of nitrogens with two attached hydrogens (primary N) is 2. The molecule has 3 aromatic carbocycles. The standard InChI is InChI=1S/C14H14F2NO5PTe.C11H16F2NO4P.C7H8F2NO4P.C3H9BrSi.2CH4/c15-14(16)11-8-9(3-5-12(11)22-23(19,20)21)17-13(18)6-4-10-2-1-7-24-10;1-3-16-19(15,17-4-2)18-10-6-5-8(14)7-9(10)11(12)13;8-7(9)5-3-4(10)1-2-6(5)14-15(11,12)13;1-5(2,3)4;;/h1-3,5,7-8,14H,4,6H2,(H,17,18)(H2,19,20,21);5-7,11H,3-4,14H2,1-2H3;1-3,7H,10H2,(H2,11,12,13);1-3H3;2*1H4/p-4. The number of hydrogen-bond acceptors (Lipinski definition) is 15. The van der Waals surface area contributed by atoms with Crippen molar-refractivity contribution < 1.29 is 87.0 Å². The van der Waals surface area contributed by atoms with E-state index in [0.717, 1.165) is 36.4 Å². The maximum absolute atomic E-state index is 13.0. The predicted octanol–water partition coefficient (Wildman–Crippen LogP) is 9.13. The van der Waals surface area contributed by atoms with Crippen molar-refractivity contribution >= 4 is 88.9 Å². The van der Waals surface area contributed by atoms with E-state index in [-0.39, 0.29) is 83.6 Å². The van der Waals surface area contributed by atoms with Crippen molar-refractivity contribution in [3.8, 4) is 17.2 Å². The van der Waals surface area contributed by atoms with Gasteiger partial charge >= 0.3 is 154 Å². The number of phosphoric ester groups is 3. The van der Waals surface area contributed by atoms with Gasteiger partial charge in [0.05, 0.1) is 24.3 Å². The van der Waals surface area contributed by atoms with Gasteiger partial charge in [-0.2, -0.15) is 0 Å².